The number of H-pyrrole nitrogens is 1. The summed E-state index contributed by atoms with van der Waals surface area (Å²) >= 11 is 0. The number of nitrogens with one attached hydrogen (secondary N) is 4. The molecule has 2 aromatic carbocycles. The Morgan fingerprint density at radius 2 is 1.79 bits per heavy atom. The number of hydrogen-bond acceptors (Lipinski definition) is 5. The molecule has 0 spiro atoms. The van der Waals surface area contributed by atoms with Gasteiger partial charge in [-0.3, -0.25) is 5.32 Å². The number of rotatable bonds is 5. The third kappa shape index (κ3) is 4.38. The highest BCUT2D eigenvalue weighted by molar-refractivity contribution is 5.87. The van der Waals surface area contributed by atoms with E-state index in [0.717, 1.165) is 28.3 Å². The zero-order valence-corrected chi connectivity index (χ0v) is 15.7. The molecular formula is C21H19N7O. The topological polar surface area (TPSA) is 108 Å². The van der Waals surface area contributed by atoms with Crippen LogP contribution in [0.1, 0.15) is 0 Å². The molecule has 0 saturated carbocycles. The number of benzene rings is 2. The number of hydrogen-bond donors (Lipinski definition) is 4. The molecule has 0 aliphatic rings. The number of urea groups is 1. The van der Waals surface area contributed by atoms with Crippen molar-refractivity contribution in [3.63, 3.8) is 0 Å². The predicted molar refractivity (Wildman–Crippen MR) is 113 cm³/mol. The highest BCUT2D eigenvalue weighted by atomic mass is 16.2. The molecule has 8 nitrogen and oxygen atoms in total. The summed E-state index contributed by atoms with van der Waals surface area (Å²) in [4.78, 5) is 27.6. The quantitative estimate of drug-likeness (QED) is 0.415. The first-order valence-corrected chi connectivity index (χ1v) is 9.01. The van der Waals surface area contributed by atoms with Gasteiger partial charge in [-0.1, -0.05) is 42.5 Å². The van der Waals surface area contributed by atoms with Crippen LogP contribution in [0.2, 0.25) is 0 Å². The minimum Gasteiger partial charge on any atom is -0.341 e. The van der Waals surface area contributed by atoms with Gasteiger partial charge in [0.25, 0.3) is 0 Å². The average molecular weight is 385 g/mol. The van der Waals surface area contributed by atoms with E-state index in [1.807, 2.05) is 60.8 Å². The Balaban J connectivity index is 1.53. The van der Waals surface area contributed by atoms with Crippen molar-refractivity contribution in [1.82, 2.24) is 25.3 Å². The van der Waals surface area contributed by atoms with Gasteiger partial charge in [-0.2, -0.15) is 4.98 Å². The van der Waals surface area contributed by atoms with Gasteiger partial charge in [-0.05, 0) is 18.2 Å². The minimum atomic E-state index is -0.377. The van der Waals surface area contributed by atoms with Crippen molar-refractivity contribution < 1.29 is 4.79 Å². The largest absolute Gasteiger partial charge is 0.341 e. The highest BCUT2D eigenvalue weighted by Gasteiger charge is 2.07. The van der Waals surface area contributed by atoms with E-state index >= 15 is 0 Å². The lowest BCUT2D eigenvalue weighted by Gasteiger charge is -2.09. The minimum absolute atomic E-state index is 0.214. The number of amides is 2. The third-order valence-corrected chi connectivity index (χ3v) is 4.18. The lowest BCUT2D eigenvalue weighted by molar-refractivity contribution is 0.254. The summed E-state index contributed by atoms with van der Waals surface area (Å²) < 4.78 is 0. The zero-order chi connectivity index (χ0) is 20.1. The molecule has 2 aromatic heterocycles. The molecule has 0 saturated heterocycles. The normalized spacial score (nSPS) is 10.4. The summed E-state index contributed by atoms with van der Waals surface area (Å²) in [6.45, 7) is 0. The maximum absolute atomic E-state index is 11.4. The van der Waals surface area contributed by atoms with Gasteiger partial charge in [0, 0.05) is 30.1 Å². The van der Waals surface area contributed by atoms with Gasteiger partial charge in [0.15, 0.2) is 0 Å². The van der Waals surface area contributed by atoms with Crippen molar-refractivity contribution >= 4 is 23.5 Å². The lowest BCUT2D eigenvalue weighted by Crippen LogP contribution is -2.25. The van der Waals surface area contributed by atoms with Crippen LogP contribution in [0.4, 0.5) is 22.2 Å². The molecule has 4 N–H and O–H groups in total. The van der Waals surface area contributed by atoms with Crippen molar-refractivity contribution in [2.75, 3.05) is 17.7 Å². The summed E-state index contributed by atoms with van der Waals surface area (Å²) in [6, 6.07) is 19.2. The number of anilines is 3. The SMILES string of the molecule is CNC(=O)Nc1nccc(Nc2cccc(-c3cnc(-c4ccccc4)[nH]3)c2)n1. The van der Waals surface area contributed by atoms with Crippen molar-refractivity contribution in [3.8, 4) is 22.6 Å². The molecule has 0 aliphatic heterocycles. The molecule has 0 bridgehead atoms. The van der Waals surface area contributed by atoms with E-state index in [1.165, 1.54) is 7.05 Å². The van der Waals surface area contributed by atoms with Gasteiger partial charge < -0.3 is 15.6 Å². The smallest absolute Gasteiger partial charge is 0.321 e. The number of imidazole rings is 1. The molecule has 0 atom stereocenters. The van der Waals surface area contributed by atoms with Crippen molar-refractivity contribution in [2.24, 2.45) is 0 Å². The van der Waals surface area contributed by atoms with Crippen LogP contribution < -0.4 is 16.0 Å². The molecule has 4 aromatic rings. The summed E-state index contributed by atoms with van der Waals surface area (Å²) in [5.74, 6) is 1.60. The second-order valence-corrected chi connectivity index (χ2v) is 6.19. The number of aromatic amines is 1. The van der Waals surface area contributed by atoms with Crippen LogP contribution in [-0.2, 0) is 0 Å². The molecule has 2 heterocycles. The maximum Gasteiger partial charge on any atom is 0.321 e. The summed E-state index contributed by atoms with van der Waals surface area (Å²) in [5.41, 5.74) is 3.78. The Morgan fingerprint density at radius 3 is 2.62 bits per heavy atom. The third-order valence-electron chi connectivity index (χ3n) is 4.18. The molecule has 4 rings (SSSR count). The van der Waals surface area contributed by atoms with E-state index < -0.39 is 0 Å². The Hall–Kier alpha value is -4.20. The maximum atomic E-state index is 11.4. The van der Waals surface area contributed by atoms with E-state index in [4.69, 9.17) is 0 Å². The van der Waals surface area contributed by atoms with E-state index in [9.17, 15) is 4.79 Å². The van der Waals surface area contributed by atoms with Crippen molar-refractivity contribution in [1.29, 1.82) is 0 Å². The van der Waals surface area contributed by atoms with Crippen LogP contribution in [0.15, 0.2) is 73.1 Å². The standard InChI is InChI=1S/C21H19N7O/c1-22-21(29)28-20-23-11-10-18(27-20)25-16-9-5-8-15(12-16)17-13-24-19(26-17)14-6-3-2-4-7-14/h2-13H,1H3,(H,24,26)(H3,22,23,25,27,28,29). The first kappa shape index (κ1) is 18.2. The number of carbonyl (C=O) groups excluding carboxylic acids is 1. The van der Waals surface area contributed by atoms with Crippen LogP contribution in [0.25, 0.3) is 22.6 Å². The molecule has 0 unspecified atom stereocenters. The Kier molecular flexibility index (Phi) is 5.15. The van der Waals surface area contributed by atoms with E-state index in [1.54, 1.807) is 12.3 Å². The number of nitrogens with zero attached hydrogens (tertiary/aromatic N) is 3. The van der Waals surface area contributed by atoms with Crippen LogP contribution in [0, 0.1) is 0 Å². The van der Waals surface area contributed by atoms with Gasteiger partial charge in [0.1, 0.15) is 11.6 Å². The Labute approximate surface area is 167 Å². The zero-order valence-electron chi connectivity index (χ0n) is 15.7. The predicted octanol–water partition coefficient (Wildman–Crippen LogP) is 4.03. The van der Waals surface area contributed by atoms with Crippen LogP contribution in [-0.4, -0.2) is 33.0 Å². The number of aromatic nitrogens is 4. The molecule has 8 heteroatoms. The second-order valence-electron chi connectivity index (χ2n) is 6.19. The fourth-order valence-corrected chi connectivity index (χ4v) is 2.78. The average Bonchev–Trinajstić information content (AvgIpc) is 3.25. The molecule has 29 heavy (non-hydrogen) atoms. The summed E-state index contributed by atoms with van der Waals surface area (Å²) in [5, 5.41) is 8.24. The number of carbonyl (C=O) groups is 1. The Bertz CT molecular complexity index is 1120. The summed E-state index contributed by atoms with van der Waals surface area (Å²) in [6.07, 6.45) is 3.39. The molecule has 144 valence electrons. The monoisotopic (exact) mass is 385 g/mol. The van der Waals surface area contributed by atoms with Gasteiger partial charge in [0.2, 0.25) is 5.95 Å². The lowest BCUT2D eigenvalue weighted by atomic mass is 10.1. The fraction of sp³-hybridized carbons (Fsp3) is 0.0476. The van der Waals surface area contributed by atoms with Gasteiger partial charge in [-0.15, -0.1) is 0 Å². The van der Waals surface area contributed by atoms with E-state index in [2.05, 4.69) is 35.9 Å². The molecule has 2 amide bonds. The van der Waals surface area contributed by atoms with Crippen LogP contribution >= 0.6 is 0 Å². The molecule has 0 aliphatic carbocycles. The Morgan fingerprint density at radius 1 is 0.966 bits per heavy atom. The molecule has 0 fully saturated rings. The van der Waals surface area contributed by atoms with Crippen LogP contribution in [0.5, 0.6) is 0 Å². The highest BCUT2D eigenvalue weighted by Crippen LogP contribution is 2.25. The molecular weight excluding hydrogens is 366 g/mol. The van der Waals surface area contributed by atoms with Crippen molar-refractivity contribution in [2.45, 2.75) is 0 Å². The van der Waals surface area contributed by atoms with Gasteiger partial charge in [0.05, 0.1) is 11.9 Å². The van der Waals surface area contributed by atoms with Crippen LogP contribution in [0.3, 0.4) is 0 Å². The fourth-order valence-electron chi connectivity index (χ4n) is 2.78. The van der Waals surface area contributed by atoms with E-state index in [0.29, 0.717) is 5.82 Å². The first-order valence-electron chi connectivity index (χ1n) is 9.01. The van der Waals surface area contributed by atoms with Gasteiger partial charge in [-0.25, -0.2) is 14.8 Å². The van der Waals surface area contributed by atoms with E-state index in [-0.39, 0.29) is 12.0 Å². The van der Waals surface area contributed by atoms with Crippen molar-refractivity contribution in [3.05, 3.63) is 73.1 Å². The first-order chi connectivity index (χ1) is 14.2. The molecule has 0 radical (unpaired) electrons. The second kappa shape index (κ2) is 8.22. The van der Waals surface area contributed by atoms with Gasteiger partial charge >= 0.3 is 6.03 Å². The summed E-state index contributed by atoms with van der Waals surface area (Å²) in [7, 11) is 1.53.